The first-order valence-corrected chi connectivity index (χ1v) is 8.46. The SMILES string of the molecule is CC(=O)c1cccc(NC(=O)C23CC4CC(CC(C4)C2)C3)c1. The summed E-state index contributed by atoms with van der Waals surface area (Å²) in [5, 5.41) is 3.10. The first kappa shape index (κ1) is 14.0. The van der Waals surface area contributed by atoms with Crippen LogP contribution in [0.25, 0.3) is 0 Å². The first-order chi connectivity index (χ1) is 10.5. The Labute approximate surface area is 131 Å². The van der Waals surface area contributed by atoms with E-state index in [1.54, 1.807) is 19.1 Å². The second kappa shape index (κ2) is 4.94. The van der Waals surface area contributed by atoms with Gasteiger partial charge >= 0.3 is 0 Å². The molecule has 1 aromatic carbocycles. The Morgan fingerprint density at radius 3 is 2.18 bits per heavy atom. The lowest BCUT2D eigenvalue weighted by Crippen LogP contribution is -2.51. The Balaban J connectivity index is 1.55. The minimum Gasteiger partial charge on any atom is -0.326 e. The largest absolute Gasteiger partial charge is 0.326 e. The van der Waals surface area contributed by atoms with Gasteiger partial charge in [0.05, 0.1) is 5.41 Å². The monoisotopic (exact) mass is 297 g/mol. The lowest BCUT2D eigenvalue weighted by Gasteiger charge is -2.55. The first-order valence-electron chi connectivity index (χ1n) is 8.46. The zero-order valence-corrected chi connectivity index (χ0v) is 13.1. The molecule has 0 heterocycles. The van der Waals surface area contributed by atoms with Gasteiger partial charge in [-0.2, -0.15) is 0 Å². The van der Waals surface area contributed by atoms with Gasteiger partial charge in [0.25, 0.3) is 0 Å². The normalized spacial score (nSPS) is 35.4. The number of benzene rings is 1. The Kier molecular flexibility index (Phi) is 3.14. The topological polar surface area (TPSA) is 46.2 Å². The molecule has 0 radical (unpaired) electrons. The molecule has 1 amide bonds. The third kappa shape index (κ3) is 2.27. The third-order valence-electron chi connectivity index (χ3n) is 6.05. The molecule has 22 heavy (non-hydrogen) atoms. The molecule has 0 unspecified atom stereocenters. The summed E-state index contributed by atoms with van der Waals surface area (Å²) in [5.74, 6) is 2.51. The summed E-state index contributed by atoms with van der Waals surface area (Å²) >= 11 is 0. The van der Waals surface area contributed by atoms with Crippen LogP contribution >= 0.6 is 0 Å². The third-order valence-corrected chi connectivity index (χ3v) is 6.05. The van der Waals surface area contributed by atoms with Gasteiger partial charge in [0, 0.05) is 11.3 Å². The number of hydrogen-bond acceptors (Lipinski definition) is 2. The molecule has 0 aromatic heterocycles. The highest BCUT2D eigenvalue weighted by Crippen LogP contribution is 2.60. The highest BCUT2D eigenvalue weighted by Gasteiger charge is 2.54. The molecule has 0 aliphatic heterocycles. The Bertz CT molecular complexity index is 599. The van der Waals surface area contributed by atoms with Crippen molar-refractivity contribution < 1.29 is 9.59 Å². The molecule has 1 aromatic rings. The number of nitrogens with one attached hydrogen (secondary N) is 1. The maximum atomic E-state index is 13.0. The van der Waals surface area contributed by atoms with Gasteiger partial charge in [-0.05, 0) is 75.3 Å². The van der Waals surface area contributed by atoms with Gasteiger partial charge in [0.1, 0.15) is 0 Å². The van der Waals surface area contributed by atoms with E-state index in [2.05, 4.69) is 5.32 Å². The second-order valence-electron chi connectivity index (χ2n) is 7.79. The maximum Gasteiger partial charge on any atom is 0.230 e. The number of rotatable bonds is 3. The number of Topliss-reactive ketones (excluding diaryl/α,β-unsaturated/α-hetero) is 1. The molecule has 0 atom stereocenters. The van der Waals surface area contributed by atoms with Crippen molar-refractivity contribution >= 4 is 17.4 Å². The molecule has 1 N–H and O–H groups in total. The molecule has 4 bridgehead atoms. The highest BCUT2D eigenvalue weighted by atomic mass is 16.2. The van der Waals surface area contributed by atoms with E-state index in [0.717, 1.165) is 42.7 Å². The summed E-state index contributed by atoms with van der Waals surface area (Å²) in [4.78, 5) is 24.4. The van der Waals surface area contributed by atoms with Gasteiger partial charge in [-0.1, -0.05) is 12.1 Å². The van der Waals surface area contributed by atoms with Crippen molar-refractivity contribution in [3.8, 4) is 0 Å². The fraction of sp³-hybridized carbons (Fsp3) is 0.579. The molecule has 4 aliphatic rings. The molecule has 5 rings (SSSR count). The van der Waals surface area contributed by atoms with Crippen LogP contribution in [0.1, 0.15) is 55.8 Å². The van der Waals surface area contributed by atoms with E-state index >= 15 is 0 Å². The van der Waals surface area contributed by atoms with Crippen molar-refractivity contribution in [1.29, 1.82) is 0 Å². The lowest BCUT2D eigenvalue weighted by atomic mass is 9.49. The van der Waals surface area contributed by atoms with Crippen LogP contribution in [0.15, 0.2) is 24.3 Å². The number of ketones is 1. The molecule has 4 fully saturated rings. The minimum absolute atomic E-state index is 0.0332. The van der Waals surface area contributed by atoms with Crippen LogP contribution in [0, 0.1) is 23.2 Å². The van der Waals surface area contributed by atoms with E-state index in [0.29, 0.717) is 5.56 Å². The predicted molar refractivity (Wildman–Crippen MR) is 85.7 cm³/mol. The van der Waals surface area contributed by atoms with Crippen LogP contribution in [-0.4, -0.2) is 11.7 Å². The van der Waals surface area contributed by atoms with Crippen molar-refractivity contribution in [2.45, 2.75) is 45.4 Å². The van der Waals surface area contributed by atoms with Crippen molar-refractivity contribution in [3.63, 3.8) is 0 Å². The number of carbonyl (C=O) groups excluding carboxylic acids is 2. The van der Waals surface area contributed by atoms with Gasteiger partial charge < -0.3 is 5.32 Å². The number of hydrogen-bond donors (Lipinski definition) is 1. The zero-order chi connectivity index (χ0) is 15.3. The molecule has 4 aliphatic carbocycles. The van der Waals surface area contributed by atoms with Crippen LogP contribution in [0.3, 0.4) is 0 Å². The summed E-state index contributed by atoms with van der Waals surface area (Å²) < 4.78 is 0. The summed E-state index contributed by atoms with van der Waals surface area (Å²) in [5.41, 5.74) is 1.28. The average Bonchev–Trinajstić information content (AvgIpc) is 2.46. The van der Waals surface area contributed by atoms with Crippen molar-refractivity contribution in [3.05, 3.63) is 29.8 Å². The lowest BCUT2D eigenvalue weighted by molar-refractivity contribution is -0.140. The van der Waals surface area contributed by atoms with Crippen molar-refractivity contribution in [2.75, 3.05) is 5.32 Å². The molecule has 0 saturated heterocycles. The fourth-order valence-electron chi connectivity index (χ4n) is 5.47. The number of carbonyl (C=O) groups is 2. The van der Waals surface area contributed by atoms with Gasteiger partial charge in [-0.15, -0.1) is 0 Å². The minimum atomic E-state index is -0.138. The Morgan fingerprint density at radius 1 is 1.05 bits per heavy atom. The Hall–Kier alpha value is -1.64. The van der Waals surface area contributed by atoms with E-state index < -0.39 is 0 Å². The van der Waals surface area contributed by atoms with Gasteiger partial charge in [0.2, 0.25) is 5.91 Å². The molecule has 3 heteroatoms. The van der Waals surface area contributed by atoms with Crippen LogP contribution < -0.4 is 5.32 Å². The van der Waals surface area contributed by atoms with Crippen molar-refractivity contribution in [1.82, 2.24) is 0 Å². The molecule has 0 spiro atoms. The van der Waals surface area contributed by atoms with Crippen LogP contribution in [0.2, 0.25) is 0 Å². The molecular formula is C19H23NO2. The van der Waals surface area contributed by atoms with E-state index in [4.69, 9.17) is 0 Å². The standard InChI is InChI=1S/C19H23NO2/c1-12(21)16-3-2-4-17(8-16)20-18(22)19-9-13-5-14(10-19)7-15(6-13)11-19/h2-4,8,13-15H,5-7,9-11H2,1H3,(H,20,22). The zero-order valence-electron chi connectivity index (χ0n) is 13.1. The van der Waals surface area contributed by atoms with Crippen molar-refractivity contribution in [2.24, 2.45) is 23.2 Å². The summed E-state index contributed by atoms with van der Waals surface area (Å²) in [6.07, 6.45) is 7.22. The highest BCUT2D eigenvalue weighted by molar-refractivity contribution is 5.98. The average molecular weight is 297 g/mol. The summed E-state index contributed by atoms with van der Waals surface area (Å²) in [6, 6.07) is 7.31. The molecular weight excluding hydrogens is 274 g/mol. The number of anilines is 1. The summed E-state index contributed by atoms with van der Waals surface area (Å²) in [6.45, 7) is 1.56. The second-order valence-corrected chi connectivity index (χ2v) is 7.79. The smallest absolute Gasteiger partial charge is 0.230 e. The predicted octanol–water partition coefficient (Wildman–Crippen LogP) is 4.04. The van der Waals surface area contributed by atoms with Crippen LogP contribution in [-0.2, 0) is 4.79 Å². The summed E-state index contributed by atoms with van der Waals surface area (Å²) in [7, 11) is 0. The van der Waals surface area contributed by atoms with Crippen LogP contribution in [0.5, 0.6) is 0 Å². The maximum absolute atomic E-state index is 13.0. The van der Waals surface area contributed by atoms with Gasteiger partial charge in [-0.3, -0.25) is 9.59 Å². The van der Waals surface area contributed by atoms with Gasteiger partial charge in [0.15, 0.2) is 5.78 Å². The number of amides is 1. The Morgan fingerprint density at radius 2 is 1.64 bits per heavy atom. The van der Waals surface area contributed by atoms with E-state index in [1.807, 2.05) is 12.1 Å². The van der Waals surface area contributed by atoms with Gasteiger partial charge in [-0.25, -0.2) is 0 Å². The quantitative estimate of drug-likeness (QED) is 0.856. The molecule has 4 saturated carbocycles. The van der Waals surface area contributed by atoms with Crippen LogP contribution in [0.4, 0.5) is 5.69 Å². The molecule has 3 nitrogen and oxygen atoms in total. The van der Waals surface area contributed by atoms with E-state index in [1.165, 1.54) is 19.3 Å². The van der Waals surface area contributed by atoms with E-state index in [9.17, 15) is 9.59 Å². The molecule has 116 valence electrons. The van der Waals surface area contributed by atoms with E-state index in [-0.39, 0.29) is 17.1 Å². The fourth-order valence-corrected chi connectivity index (χ4v) is 5.47.